The molecule has 1 aromatic heterocycles. The molecule has 0 fully saturated rings. The molecular weight excluding hydrogens is 317 g/mol. The first kappa shape index (κ1) is 13.4. The van der Waals surface area contributed by atoms with Crippen molar-refractivity contribution in [3.05, 3.63) is 62.6 Å². The van der Waals surface area contributed by atoms with E-state index in [1.807, 2.05) is 6.07 Å². The zero-order chi connectivity index (χ0) is 13.8. The first-order valence-corrected chi connectivity index (χ1v) is 6.13. The summed E-state index contributed by atoms with van der Waals surface area (Å²) in [5.74, 6) is -0.652. The van der Waals surface area contributed by atoms with Crippen LogP contribution < -0.4 is 5.32 Å². The summed E-state index contributed by atoms with van der Waals surface area (Å²) in [6, 6.07) is 6.99. The number of pyridine rings is 1. The van der Waals surface area contributed by atoms with E-state index < -0.39 is 10.7 Å². The maximum absolute atomic E-state index is 13.2. The topological polar surface area (TPSA) is 68.1 Å². The van der Waals surface area contributed by atoms with E-state index in [1.54, 1.807) is 12.3 Å². The van der Waals surface area contributed by atoms with Crippen LogP contribution in [0.5, 0.6) is 0 Å². The van der Waals surface area contributed by atoms with Crippen LogP contribution in [0.25, 0.3) is 0 Å². The zero-order valence-corrected chi connectivity index (χ0v) is 11.2. The van der Waals surface area contributed by atoms with Crippen molar-refractivity contribution < 1.29 is 9.31 Å². The highest BCUT2D eigenvalue weighted by Crippen LogP contribution is 2.20. The van der Waals surface area contributed by atoms with Crippen molar-refractivity contribution in [3.63, 3.8) is 0 Å². The summed E-state index contributed by atoms with van der Waals surface area (Å²) in [6.45, 7) is 0.355. The highest BCUT2D eigenvalue weighted by Gasteiger charge is 2.09. The molecule has 0 atom stereocenters. The summed E-state index contributed by atoms with van der Waals surface area (Å²) >= 11 is 3.27. The Balaban J connectivity index is 2.11. The van der Waals surface area contributed by atoms with Crippen LogP contribution in [-0.2, 0) is 6.54 Å². The molecule has 2 aromatic rings. The number of aromatic nitrogens is 1. The lowest BCUT2D eigenvalue weighted by atomic mass is 10.2. The number of hydrogen-bond acceptors (Lipinski definition) is 4. The minimum Gasteiger partial charge on any atom is -0.379 e. The predicted molar refractivity (Wildman–Crippen MR) is 72.3 cm³/mol. The van der Waals surface area contributed by atoms with Crippen LogP contribution in [0.15, 0.2) is 41.0 Å². The highest BCUT2D eigenvalue weighted by atomic mass is 79.9. The Kier molecular flexibility index (Phi) is 4.06. The van der Waals surface area contributed by atoms with Crippen molar-refractivity contribution in [2.24, 2.45) is 0 Å². The Morgan fingerprint density at radius 3 is 2.79 bits per heavy atom. The van der Waals surface area contributed by atoms with Crippen molar-refractivity contribution in [2.45, 2.75) is 6.54 Å². The van der Waals surface area contributed by atoms with Crippen molar-refractivity contribution in [1.29, 1.82) is 0 Å². The Hall–Kier alpha value is -2.02. The van der Waals surface area contributed by atoms with Gasteiger partial charge in [0.05, 0.1) is 23.2 Å². The average Bonchev–Trinajstić information content (AvgIpc) is 2.37. The van der Waals surface area contributed by atoms with Gasteiger partial charge >= 0.3 is 0 Å². The van der Waals surface area contributed by atoms with Gasteiger partial charge in [-0.3, -0.25) is 15.1 Å². The molecule has 98 valence electrons. The van der Waals surface area contributed by atoms with E-state index in [0.717, 1.165) is 16.2 Å². The van der Waals surface area contributed by atoms with Crippen molar-refractivity contribution >= 4 is 27.3 Å². The summed E-state index contributed by atoms with van der Waals surface area (Å²) in [6.07, 6.45) is 1.64. The fourth-order valence-corrected chi connectivity index (χ4v) is 1.72. The molecule has 19 heavy (non-hydrogen) atoms. The van der Waals surface area contributed by atoms with Gasteiger partial charge in [-0.2, -0.15) is 0 Å². The lowest BCUT2D eigenvalue weighted by Gasteiger charge is -2.06. The average molecular weight is 326 g/mol. The molecule has 1 aromatic carbocycles. The van der Waals surface area contributed by atoms with E-state index in [0.29, 0.717) is 12.2 Å². The number of nitrogens with zero attached hydrogens (tertiary/aromatic N) is 2. The molecule has 2 rings (SSSR count). The zero-order valence-electron chi connectivity index (χ0n) is 9.64. The van der Waals surface area contributed by atoms with Gasteiger partial charge in [-0.25, -0.2) is 4.39 Å². The van der Waals surface area contributed by atoms with Crippen molar-refractivity contribution in [3.8, 4) is 0 Å². The van der Waals surface area contributed by atoms with Crippen molar-refractivity contribution in [2.75, 3.05) is 5.32 Å². The number of benzene rings is 1. The van der Waals surface area contributed by atoms with Crippen LogP contribution in [0.3, 0.4) is 0 Å². The van der Waals surface area contributed by atoms with Crippen LogP contribution in [0, 0.1) is 15.9 Å². The Morgan fingerprint density at radius 2 is 2.16 bits per heavy atom. The third kappa shape index (κ3) is 3.72. The first-order valence-electron chi connectivity index (χ1n) is 5.34. The second-order valence-corrected chi connectivity index (χ2v) is 4.69. The minimum atomic E-state index is -0.652. The molecule has 1 heterocycles. The van der Waals surface area contributed by atoms with E-state index in [2.05, 4.69) is 26.2 Å². The molecule has 0 unspecified atom stereocenters. The van der Waals surface area contributed by atoms with Crippen LogP contribution in [-0.4, -0.2) is 9.91 Å². The first-order chi connectivity index (χ1) is 9.04. The lowest BCUT2D eigenvalue weighted by Crippen LogP contribution is -2.02. The van der Waals surface area contributed by atoms with Crippen LogP contribution in [0.4, 0.5) is 15.8 Å². The van der Waals surface area contributed by atoms with Gasteiger partial charge < -0.3 is 5.32 Å². The van der Waals surface area contributed by atoms with Crippen LogP contribution >= 0.6 is 15.9 Å². The minimum absolute atomic E-state index is 0.286. The molecule has 0 aliphatic heterocycles. The number of halogens is 2. The molecule has 0 saturated heterocycles. The third-order valence-electron chi connectivity index (χ3n) is 2.36. The maximum Gasteiger partial charge on any atom is 0.274 e. The standard InChI is InChI=1S/C12H9BrFN3O2/c13-8-1-2-10(15-6-8)7-16-11-3-9(14)4-12(5-11)17(18)19/h1-6,16H,7H2. The molecule has 1 N–H and O–H groups in total. The molecule has 0 spiro atoms. The number of anilines is 1. The van der Waals surface area contributed by atoms with Crippen molar-refractivity contribution in [1.82, 2.24) is 4.98 Å². The normalized spacial score (nSPS) is 10.2. The maximum atomic E-state index is 13.2. The Bertz CT molecular complexity index is 604. The number of nitrogens with one attached hydrogen (secondary N) is 1. The Labute approximate surface area is 116 Å². The summed E-state index contributed by atoms with van der Waals surface area (Å²) in [7, 11) is 0. The van der Waals surface area contributed by atoms with E-state index in [-0.39, 0.29) is 5.69 Å². The number of hydrogen-bond donors (Lipinski definition) is 1. The lowest BCUT2D eigenvalue weighted by molar-refractivity contribution is -0.385. The van der Waals surface area contributed by atoms with Gasteiger partial charge in [-0.05, 0) is 34.1 Å². The number of nitro benzene ring substituents is 1. The van der Waals surface area contributed by atoms with Gasteiger partial charge in [0.2, 0.25) is 0 Å². The second kappa shape index (κ2) is 5.75. The van der Waals surface area contributed by atoms with Crippen LogP contribution in [0.1, 0.15) is 5.69 Å². The third-order valence-corrected chi connectivity index (χ3v) is 2.82. The Morgan fingerprint density at radius 1 is 1.37 bits per heavy atom. The molecule has 0 bridgehead atoms. The second-order valence-electron chi connectivity index (χ2n) is 3.78. The number of non-ortho nitro benzene ring substituents is 1. The largest absolute Gasteiger partial charge is 0.379 e. The summed E-state index contributed by atoms with van der Waals surface area (Å²) in [4.78, 5) is 14.1. The fourth-order valence-electron chi connectivity index (χ4n) is 1.49. The van der Waals surface area contributed by atoms with Gasteiger partial charge in [-0.1, -0.05) is 0 Å². The highest BCUT2D eigenvalue weighted by molar-refractivity contribution is 9.10. The fraction of sp³-hybridized carbons (Fsp3) is 0.0833. The van der Waals surface area contributed by atoms with Gasteiger partial charge in [-0.15, -0.1) is 0 Å². The van der Waals surface area contributed by atoms with Gasteiger partial charge in [0.1, 0.15) is 5.82 Å². The molecule has 5 nitrogen and oxygen atoms in total. The molecule has 0 radical (unpaired) electrons. The molecule has 0 amide bonds. The van der Waals surface area contributed by atoms with Crippen LogP contribution in [0.2, 0.25) is 0 Å². The smallest absolute Gasteiger partial charge is 0.274 e. The molecule has 7 heteroatoms. The molecule has 0 aliphatic rings. The quantitative estimate of drug-likeness (QED) is 0.690. The van der Waals surface area contributed by atoms with E-state index in [9.17, 15) is 14.5 Å². The summed E-state index contributed by atoms with van der Waals surface area (Å²) in [5, 5.41) is 13.5. The summed E-state index contributed by atoms with van der Waals surface area (Å²) in [5.41, 5.74) is 0.804. The van der Waals surface area contributed by atoms with E-state index >= 15 is 0 Å². The predicted octanol–water partition coefficient (Wildman–Crippen LogP) is 3.50. The summed E-state index contributed by atoms with van der Waals surface area (Å²) < 4.78 is 14.1. The molecule has 0 saturated carbocycles. The molecule has 0 aliphatic carbocycles. The monoisotopic (exact) mass is 325 g/mol. The molecular formula is C12H9BrFN3O2. The van der Waals surface area contributed by atoms with E-state index in [4.69, 9.17) is 0 Å². The number of nitro groups is 1. The SMILES string of the molecule is O=[N+]([O-])c1cc(F)cc(NCc2ccc(Br)cn2)c1. The van der Waals surface area contributed by atoms with Gasteiger partial charge in [0.25, 0.3) is 5.69 Å². The van der Waals surface area contributed by atoms with E-state index in [1.165, 1.54) is 12.1 Å². The van der Waals surface area contributed by atoms with Gasteiger partial charge in [0.15, 0.2) is 0 Å². The van der Waals surface area contributed by atoms with Gasteiger partial charge in [0, 0.05) is 22.4 Å². The number of rotatable bonds is 4.